The third-order valence-electron chi connectivity index (χ3n) is 2.82. The van der Waals surface area contributed by atoms with Crippen molar-refractivity contribution in [2.24, 2.45) is 0 Å². The number of likely N-dealkylation sites (N-methyl/N-ethyl adjacent to an activating group) is 1. The van der Waals surface area contributed by atoms with Crippen molar-refractivity contribution < 1.29 is 14.3 Å². The molecule has 1 amide bonds. The number of hydrogen-bond donors (Lipinski definition) is 2. The van der Waals surface area contributed by atoms with Crippen LogP contribution in [0.5, 0.6) is 0 Å². The second-order valence-corrected chi connectivity index (χ2v) is 4.49. The third-order valence-corrected chi connectivity index (χ3v) is 2.82. The number of amides is 1. The standard InChI is InChI=1S/C12H21N3O3/c1-15-9-11(17)18-8-6-4-2-3-5-7-10(16)14-12(15)13/h2-9H2,1H3,(H2,13,14,16). The Bertz CT molecular complexity index is 318. The van der Waals surface area contributed by atoms with Crippen LogP contribution in [0.15, 0.2) is 0 Å². The van der Waals surface area contributed by atoms with Gasteiger partial charge in [0.1, 0.15) is 6.54 Å². The lowest BCUT2D eigenvalue weighted by atomic mass is 10.1. The van der Waals surface area contributed by atoms with Crippen molar-refractivity contribution in [1.29, 1.82) is 5.41 Å². The quantitative estimate of drug-likeness (QED) is 0.629. The van der Waals surface area contributed by atoms with Gasteiger partial charge < -0.3 is 9.64 Å². The van der Waals surface area contributed by atoms with Gasteiger partial charge >= 0.3 is 5.97 Å². The smallest absolute Gasteiger partial charge is 0.325 e. The average molecular weight is 255 g/mol. The van der Waals surface area contributed by atoms with E-state index >= 15 is 0 Å². The van der Waals surface area contributed by atoms with Crippen LogP contribution in [0.1, 0.15) is 38.5 Å². The number of rotatable bonds is 0. The van der Waals surface area contributed by atoms with Gasteiger partial charge in [0, 0.05) is 13.5 Å². The summed E-state index contributed by atoms with van der Waals surface area (Å²) in [6.07, 6.45) is 5.18. The predicted octanol–water partition coefficient (Wildman–Crippen LogP) is 0.867. The van der Waals surface area contributed by atoms with E-state index in [1.807, 2.05) is 0 Å². The SMILES string of the molecule is CN1CC(=O)OCCCCCCCC(=O)NC1=N. The lowest BCUT2D eigenvalue weighted by Crippen LogP contribution is -2.43. The summed E-state index contributed by atoms with van der Waals surface area (Å²) in [7, 11) is 1.58. The van der Waals surface area contributed by atoms with Gasteiger partial charge in [0.2, 0.25) is 5.91 Å². The number of carbonyl (C=O) groups is 2. The molecule has 0 saturated carbocycles. The van der Waals surface area contributed by atoms with Crippen LogP contribution in [0.25, 0.3) is 0 Å². The summed E-state index contributed by atoms with van der Waals surface area (Å²) in [5.41, 5.74) is 0. The Balaban J connectivity index is 2.50. The summed E-state index contributed by atoms with van der Waals surface area (Å²) in [6, 6.07) is 0. The first kappa shape index (κ1) is 14.5. The van der Waals surface area contributed by atoms with Crippen LogP contribution in [-0.4, -0.2) is 42.9 Å². The van der Waals surface area contributed by atoms with Crippen LogP contribution in [0, 0.1) is 5.41 Å². The van der Waals surface area contributed by atoms with Crippen LogP contribution in [-0.2, 0) is 14.3 Å². The maximum Gasteiger partial charge on any atom is 0.325 e. The lowest BCUT2D eigenvalue weighted by molar-refractivity contribution is -0.144. The molecule has 1 fully saturated rings. The van der Waals surface area contributed by atoms with Gasteiger partial charge in [0.15, 0.2) is 5.96 Å². The van der Waals surface area contributed by atoms with Crippen LogP contribution >= 0.6 is 0 Å². The number of esters is 1. The van der Waals surface area contributed by atoms with Gasteiger partial charge in [-0.15, -0.1) is 0 Å². The van der Waals surface area contributed by atoms with Crippen molar-refractivity contribution >= 4 is 17.8 Å². The molecule has 6 nitrogen and oxygen atoms in total. The van der Waals surface area contributed by atoms with Crippen molar-refractivity contribution in [1.82, 2.24) is 10.2 Å². The molecule has 2 N–H and O–H groups in total. The highest BCUT2D eigenvalue weighted by atomic mass is 16.5. The van der Waals surface area contributed by atoms with Gasteiger partial charge in [-0.25, -0.2) is 0 Å². The minimum Gasteiger partial charge on any atom is -0.464 e. The molecule has 0 radical (unpaired) electrons. The summed E-state index contributed by atoms with van der Waals surface area (Å²) in [5, 5.41) is 10.1. The van der Waals surface area contributed by atoms with Crippen molar-refractivity contribution in [3.63, 3.8) is 0 Å². The Morgan fingerprint density at radius 2 is 1.83 bits per heavy atom. The number of cyclic esters (lactones) is 1. The van der Waals surface area contributed by atoms with Crippen molar-refractivity contribution in [3.8, 4) is 0 Å². The van der Waals surface area contributed by atoms with Gasteiger partial charge in [0.05, 0.1) is 6.61 Å². The fourth-order valence-electron chi connectivity index (χ4n) is 1.71. The van der Waals surface area contributed by atoms with Crippen molar-refractivity contribution in [2.45, 2.75) is 38.5 Å². The molecule has 0 aromatic rings. The van der Waals surface area contributed by atoms with E-state index in [9.17, 15) is 9.59 Å². The maximum absolute atomic E-state index is 11.5. The van der Waals surface area contributed by atoms with Crippen LogP contribution in [0.4, 0.5) is 0 Å². The minimum atomic E-state index is -0.367. The van der Waals surface area contributed by atoms with Crippen molar-refractivity contribution in [3.05, 3.63) is 0 Å². The number of ether oxygens (including phenoxy) is 1. The maximum atomic E-state index is 11.5. The molecule has 102 valence electrons. The highest BCUT2D eigenvalue weighted by Gasteiger charge is 2.13. The average Bonchev–Trinajstić information content (AvgIpc) is 2.31. The third kappa shape index (κ3) is 5.65. The molecule has 0 aromatic heterocycles. The molecule has 18 heavy (non-hydrogen) atoms. The number of guanidine groups is 1. The number of carbonyl (C=O) groups excluding carboxylic acids is 2. The Labute approximate surface area is 107 Å². The summed E-state index contributed by atoms with van der Waals surface area (Å²) < 4.78 is 5.04. The summed E-state index contributed by atoms with van der Waals surface area (Å²) in [6.45, 7) is 0.422. The Morgan fingerprint density at radius 1 is 1.17 bits per heavy atom. The second kappa shape index (κ2) is 7.68. The number of hydrogen-bond acceptors (Lipinski definition) is 4. The molecule has 0 unspecified atom stereocenters. The second-order valence-electron chi connectivity index (χ2n) is 4.49. The first-order valence-electron chi connectivity index (χ1n) is 6.35. The van der Waals surface area contributed by atoms with E-state index in [2.05, 4.69) is 5.32 Å². The summed E-state index contributed by atoms with van der Waals surface area (Å²) in [4.78, 5) is 24.3. The predicted molar refractivity (Wildman–Crippen MR) is 67.2 cm³/mol. The zero-order valence-corrected chi connectivity index (χ0v) is 10.8. The van der Waals surface area contributed by atoms with Gasteiger partial charge in [-0.1, -0.05) is 19.3 Å². The summed E-state index contributed by atoms with van der Waals surface area (Å²) >= 11 is 0. The van der Waals surface area contributed by atoms with E-state index in [0.29, 0.717) is 13.0 Å². The molecule has 0 spiro atoms. The Hall–Kier alpha value is -1.59. The first-order valence-corrected chi connectivity index (χ1v) is 6.35. The van der Waals surface area contributed by atoms with E-state index in [-0.39, 0.29) is 24.4 Å². The minimum absolute atomic E-state index is 0.0148. The highest BCUT2D eigenvalue weighted by Crippen LogP contribution is 2.06. The van der Waals surface area contributed by atoms with Gasteiger partial charge in [-0.2, -0.15) is 0 Å². The zero-order chi connectivity index (χ0) is 13.4. The number of nitrogens with one attached hydrogen (secondary N) is 2. The topological polar surface area (TPSA) is 82.5 Å². The summed E-state index contributed by atoms with van der Waals surface area (Å²) in [5.74, 6) is -0.597. The molecule has 1 saturated heterocycles. The molecule has 1 aliphatic heterocycles. The van der Waals surface area contributed by atoms with Crippen molar-refractivity contribution in [2.75, 3.05) is 20.2 Å². The Morgan fingerprint density at radius 3 is 2.61 bits per heavy atom. The molecule has 1 aliphatic rings. The first-order chi connectivity index (χ1) is 8.59. The van der Waals surface area contributed by atoms with Crippen LogP contribution < -0.4 is 5.32 Å². The van der Waals surface area contributed by atoms with Crippen LogP contribution in [0.2, 0.25) is 0 Å². The molecule has 0 aliphatic carbocycles. The molecule has 6 heteroatoms. The van der Waals surface area contributed by atoms with Gasteiger partial charge in [-0.3, -0.25) is 20.3 Å². The molecule has 1 heterocycles. The number of nitrogens with zero attached hydrogens (tertiary/aromatic N) is 1. The zero-order valence-electron chi connectivity index (χ0n) is 10.8. The monoisotopic (exact) mass is 255 g/mol. The van der Waals surface area contributed by atoms with E-state index in [1.165, 1.54) is 4.90 Å². The fourth-order valence-corrected chi connectivity index (χ4v) is 1.71. The molecule has 1 rings (SSSR count). The van der Waals surface area contributed by atoms with E-state index in [1.54, 1.807) is 7.05 Å². The van der Waals surface area contributed by atoms with E-state index < -0.39 is 0 Å². The van der Waals surface area contributed by atoms with Gasteiger partial charge in [-0.05, 0) is 12.8 Å². The normalized spacial score (nSPS) is 20.9. The highest BCUT2D eigenvalue weighted by molar-refractivity contribution is 5.96. The van der Waals surface area contributed by atoms with E-state index in [4.69, 9.17) is 10.1 Å². The van der Waals surface area contributed by atoms with Crippen LogP contribution in [0.3, 0.4) is 0 Å². The largest absolute Gasteiger partial charge is 0.464 e. The fraction of sp³-hybridized carbons (Fsp3) is 0.750. The molecular weight excluding hydrogens is 234 g/mol. The van der Waals surface area contributed by atoms with E-state index in [0.717, 1.165) is 32.1 Å². The molecule has 0 aromatic carbocycles. The Kier molecular flexibility index (Phi) is 6.18. The van der Waals surface area contributed by atoms with Gasteiger partial charge in [0.25, 0.3) is 0 Å². The lowest BCUT2D eigenvalue weighted by Gasteiger charge is -2.19. The molecule has 0 bridgehead atoms. The molecular formula is C12H21N3O3. The molecule has 0 atom stereocenters.